The fourth-order valence-electron chi connectivity index (χ4n) is 11.9. The van der Waals surface area contributed by atoms with Crippen LogP contribution >= 0.6 is 0 Å². The summed E-state index contributed by atoms with van der Waals surface area (Å²) in [6, 6.07) is 101. The van der Waals surface area contributed by atoms with E-state index in [9.17, 15) is 0 Å². The SMILES string of the molecule is c1ccc(N(c2ccc(-c3ccc(C4(c5ccccc5)c5ccccc5-c5cccc6cccc4c56)cc3)cc2)c2ccc3c(c2)C(c2ccccc2)(c2ccccc2)c2ccccc2-3)cc1. The number of rotatable bonds is 8. The van der Waals surface area contributed by atoms with Crippen LogP contribution in [-0.2, 0) is 10.8 Å². The molecule has 13 rings (SSSR count). The Labute approximate surface area is 392 Å². The van der Waals surface area contributed by atoms with E-state index in [4.69, 9.17) is 0 Å². The highest BCUT2D eigenvalue weighted by Crippen LogP contribution is 2.58. The molecular weight excluding hydrogens is 807 g/mol. The van der Waals surface area contributed by atoms with Crippen LogP contribution in [0.1, 0.15) is 44.5 Å². The fraction of sp³-hybridized carbons (Fsp3) is 0.0303. The van der Waals surface area contributed by atoms with Gasteiger partial charge >= 0.3 is 0 Å². The predicted octanol–water partition coefficient (Wildman–Crippen LogP) is 16.7. The van der Waals surface area contributed by atoms with Crippen molar-refractivity contribution in [3.8, 4) is 33.4 Å². The first-order chi connectivity index (χ1) is 33.2. The van der Waals surface area contributed by atoms with Crippen molar-refractivity contribution in [2.24, 2.45) is 0 Å². The van der Waals surface area contributed by atoms with E-state index in [1.165, 1.54) is 88.7 Å². The first-order valence-electron chi connectivity index (χ1n) is 23.3. The number of anilines is 3. The van der Waals surface area contributed by atoms with Crippen LogP contribution in [0.25, 0.3) is 44.2 Å². The van der Waals surface area contributed by atoms with E-state index < -0.39 is 10.8 Å². The average Bonchev–Trinajstić information content (AvgIpc) is 3.71. The normalized spacial score (nSPS) is 15.0. The molecule has 0 saturated carbocycles. The molecule has 2 aliphatic rings. The quantitative estimate of drug-likeness (QED) is 0.147. The van der Waals surface area contributed by atoms with Crippen molar-refractivity contribution in [2.45, 2.75) is 10.8 Å². The Bertz CT molecular complexity index is 3550. The molecule has 314 valence electrons. The van der Waals surface area contributed by atoms with E-state index in [2.05, 4.69) is 278 Å². The van der Waals surface area contributed by atoms with Crippen LogP contribution in [0.2, 0.25) is 0 Å². The van der Waals surface area contributed by atoms with Gasteiger partial charge in [-0.3, -0.25) is 0 Å². The van der Waals surface area contributed by atoms with Gasteiger partial charge in [0.1, 0.15) is 0 Å². The molecule has 0 radical (unpaired) electrons. The van der Waals surface area contributed by atoms with Crippen molar-refractivity contribution < 1.29 is 0 Å². The van der Waals surface area contributed by atoms with Gasteiger partial charge in [0.2, 0.25) is 0 Å². The summed E-state index contributed by atoms with van der Waals surface area (Å²) >= 11 is 0. The minimum absolute atomic E-state index is 0.489. The highest BCUT2D eigenvalue weighted by Gasteiger charge is 2.47. The molecule has 1 nitrogen and oxygen atoms in total. The standard InChI is InChI=1S/C66H45N/c1-5-21-49(22-6-1)65(61-33-16-14-30-57(61)59-31-17-19-48-20-18-34-62(65)64(48)59)52-39-35-46(36-40-52)47-37-41-54(42-38-47)67(53-27-11-4-12-28-53)55-43-44-58-56-29-13-15-32-60(56)66(63(58)45-55,50-23-7-2-8-24-50)51-25-9-3-10-26-51/h1-45H. The molecule has 11 aromatic rings. The molecule has 11 aromatic carbocycles. The predicted molar refractivity (Wildman–Crippen MR) is 279 cm³/mol. The van der Waals surface area contributed by atoms with Crippen molar-refractivity contribution in [1.82, 2.24) is 0 Å². The Morgan fingerprint density at radius 1 is 0.239 bits per heavy atom. The van der Waals surface area contributed by atoms with Gasteiger partial charge in [-0.1, -0.05) is 237 Å². The van der Waals surface area contributed by atoms with Gasteiger partial charge in [0.15, 0.2) is 0 Å². The smallest absolute Gasteiger partial charge is 0.0714 e. The molecule has 0 aliphatic heterocycles. The third-order valence-corrected chi connectivity index (χ3v) is 14.6. The maximum Gasteiger partial charge on any atom is 0.0714 e. The zero-order valence-electron chi connectivity index (χ0n) is 36.9. The number of para-hydroxylation sites is 1. The summed E-state index contributed by atoms with van der Waals surface area (Å²) in [4.78, 5) is 2.40. The average molecular weight is 852 g/mol. The first kappa shape index (κ1) is 38.9. The molecule has 0 N–H and O–H groups in total. The second-order valence-corrected chi connectivity index (χ2v) is 17.9. The first-order valence-corrected chi connectivity index (χ1v) is 23.3. The van der Waals surface area contributed by atoms with Gasteiger partial charge in [0, 0.05) is 17.1 Å². The minimum Gasteiger partial charge on any atom is -0.310 e. The molecule has 0 amide bonds. The molecule has 1 heteroatoms. The zero-order chi connectivity index (χ0) is 44.4. The van der Waals surface area contributed by atoms with Gasteiger partial charge in [0.25, 0.3) is 0 Å². The maximum atomic E-state index is 2.44. The van der Waals surface area contributed by atoms with Gasteiger partial charge < -0.3 is 4.90 Å². The number of nitrogens with zero attached hydrogens (tertiary/aromatic N) is 1. The van der Waals surface area contributed by atoms with E-state index in [0.29, 0.717) is 0 Å². The van der Waals surface area contributed by atoms with E-state index in [1.807, 2.05) is 0 Å². The molecule has 2 aliphatic carbocycles. The zero-order valence-corrected chi connectivity index (χ0v) is 36.9. The molecule has 0 spiro atoms. The summed E-state index contributed by atoms with van der Waals surface area (Å²) in [6.07, 6.45) is 0. The molecule has 1 unspecified atom stereocenters. The highest BCUT2D eigenvalue weighted by molar-refractivity contribution is 6.05. The molecule has 0 aromatic heterocycles. The Hall–Kier alpha value is -8.52. The summed E-state index contributed by atoms with van der Waals surface area (Å²) in [5.41, 5.74) is 20.1. The van der Waals surface area contributed by atoms with E-state index >= 15 is 0 Å². The summed E-state index contributed by atoms with van der Waals surface area (Å²) in [6.45, 7) is 0. The number of hydrogen-bond acceptors (Lipinski definition) is 1. The van der Waals surface area contributed by atoms with Crippen LogP contribution in [-0.4, -0.2) is 0 Å². The van der Waals surface area contributed by atoms with Crippen LogP contribution < -0.4 is 4.90 Å². The lowest BCUT2D eigenvalue weighted by Crippen LogP contribution is -2.33. The third-order valence-electron chi connectivity index (χ3n) is 14.6. The molecule has 0 heterocycles. The van der Waals surface area contributed by atoms with E-state index in [1.54, 1.807) is 0 Å². The molecule has 0 saturated heterocycles. The summed E-state index contributed by atoms with van der Waals surface area (Å²) in [7, 11) is 0. The summed E-state index contributed by atoms with van der Waals surface area (Å²) < 4.78 is 0. The van der Waals surface area contributed by atoms with Crippen molar-refractivity contribution in [3.63, 3.8) is 0 Å². The lowest BCUT2D eigenvalue weighted by Gasteiger charge is -2.42. The lowest BCUT2D eigenvalue weighted by molar-refractivity contribution is 0.750. The van der Waals surface area contributed by atoms with Crippen molar-refractivity contribution in [3.05, 3.63) is 317 Å². The van der Waals surface area contributed by atoms with Crippen molar-refractivity contribution >= 4 is 27.8 Å². The molecule has 67 heavy (non-hydrogen) atoms. The maximum absolute atomic E-state index is 2.44. The lowest BCUT2D eigenvalue weighted by atomic mass is 9.59. The van der Waals surface area contributed by atoms with Crippen molar-refractivity contribution in [1.29, 1.82) is 0 Å². The molecule has 0 fully saturated rings. The van der Waals surface area contributed by atoms with Gasteiger partial charge in [0.05, 0.1) is 10.8 Å². The molecule has 0 bridgehead atoms. The van der Waals surface area contributed by atoms with Gasteiger partial charge in [-0.2, -0.15) is 0 Å². The number of benzene rings is 11. The van der Waals surface area contributed by atoms with Crippen LogP contribution in [0.15, 0.2) is 273 Å². The molecule has 1 atom stereocenters. The van der Waals surface area contributed by atoms with Gasteiger partial charge in [-0.25, -0.2) is 0 Å². The summed E-state index contributed by atoms with van der Waals surface area (Å²) in [5.74, 6) is 0. The van der Waals surface area contributed by atoms with Crippen LogP contribution in [0.3, 0.4) is 0 Å². The Kier molecular flexibility index (Phi) is 9.05. The molecular formula is C66H45N. The Morgan fingerprint density at radius 2 is 0.627 bits per heavy atom. The largest absolute Gasteiger partial charge is 0.310 e. The van der Waals surface area contributed by atoms with E-state index in [0.717, 1.165) is 17.1 Å². The Balaban J connectivity index is 0.928. The van der Waals surface area contributed by atoms with Crippen LogP contribution in [0.5, 0.6) is 0 Å². The fourth-order valence-corrected chi connectivity index (χ4v) is 11.9. The van der Waals surface area contributed by atoms with Crippen molar-refractivity contribution in [2.75, 3.05) is 4.90 Å². The van der Waals surface area contributed by atoms with Gasteiger partial charge in [-0.05, 0) is 125 Å². The topological polar surface area (TPSA) is 3.24 Å². The third kappa shape index (κ3) is 5.81. The Morgan fingerprint density at radius 3 is 1.21 bits per heavy atom. The summed E-state index contributed by atoms with van der Waals surface area (Å²) in [5, 5.41) is 2.59. The van der Waals surface area contributed by atoms with Crippen LogP contribution in [0.4, 0.5) is 17.1 Å². The number of hydrogen-bond donors (Lipinski definition) is 0. The second-order valence-electron chi connectivity index (χ2n) is 17.9. The number of fused-ring (bicyclic) bond motifs is 5. The minimum atomic E-state index is -0.500. The van der Waals surface area contributed by atoms with Gasteiger partial charge in [-0.15, -0.1) is 0 Å². The van der Waals surface area contributed by atoms with E-state index in [-0.39, 0.29) is 0 Å². The highest BCUT2D eigenvalue weighted by atomic mass is 15.1. The van der Waals surface area contributed by atoms with Crippen LogP contribution in [0, 0.1) is 0 Å². The monoisotopic (exact) mass is 851 g/mol. The second kappa shape index (κ2) is 15.6.